The number of aromatic amines is 1. The van der Waals surface area contributed by atoms with Gasteiger partial charge in [-0.1, -0.05) is 0 Å². The van der Waals surface area contributed by atoms with Crippen molar-refractivity contribution in [1.29, 1.82) is 0 Å². The van der Waals surface area contributed by atoms with E-state index < -0.39 is 5.91 Å². The second-order valence-electron chi connectivity index (χ2n) is 2.85. The Morgan fingerprint density at radius 2 is 2.36 bits per heavy atom. The first kappa shape index (κ1) is 8.55. The quantitative estimate of drug-likeness (QED) is 0.732. The molecule has 0 aliphatic carbocycles. The minimum atomic E-state index is -0.497. The van der Waals surface area contributed by atoms with Crippen molar-refractivity contribution in [2.75, 3.05) is 7.11 Å². The van der Waals surface area contributed by atoms with Gasteiger partial charge in [0.05, 0.1) is 25.0 Å². The topological polar surface area (TPSA) is 81.0 Å². The number of carbonyl (C=O) groups excluding carboxylic acids is 1. The molecule has 2 heterocycles. The van der Waals surface area contributed by atoms with Gasteiger partial charge in [0, 0.05) is 5.39 Å². The minimum absolute atomic E-state index is 0.353. The number of fused-ring (bicyclic) bond motifs is 1. The smallest absolute Gasteiger partial charge is 0.265 e. The summed E-state index contributed by atoms with van der Waals surface area (Å²) in [5.74, 6) is 0.120. The third kappa shape index (κ3) is 1.19. The Morgan fingerprint density at radius 3 is 3.00 bits per heavy atom. The third-order valence-electron chi connectivity index (χ3n) is 1.99. The summed E-state index contributed by atoms with van der Waals surface area (Å²) in [5, 5.41) is 0.802. The van der Waals surface area contributed by atoms with Gasteiger partial charge >= 0.3 is 0 Å². The van der Waals surface area contributed by atoms with Gasteiger partial charge in [-0.25, -0.2) is 0 Å². The van der Waals surface area contributed by atoms with Crippen LogP contribution in [0.25, 0.3) is 10.9 Å². The molecule has 0 radical (unpaired) electrons. The number of ether oxygens (including phenoxy) is 1. The van der Waals surface area contributed by atoms with Crippen molar-refractivity contribution >= 4 is 16.8 Å². The highest BCUT2D eigenvalue weighted by atomic mass is 16.5. The Hall–Kier alpha value is -2.04. The molecule has 0 spiro atoms. The Balaban J connectivity index is 2.70. The van der Waals surface area contributed by atoms with Crippen LogP contribution < -0.4 is 10.5 Å². The molecule has 72 valence electrons. The maximum absolute atomic E-state index is 10.9. The first-order valence-electron chi connectivity index (χ1n) is 4.03. The van der Waals surface area contributed by atoms with Crippen molar-refractivity contribution in [3.63, 3.8) is 0 Å². The molecule has 0 fully saturated rings. The van der Waals surface area contributed by atoms with E-state index in [1.165, 1.54) is 0 Å². The van der Waals surface area contributed by atoms with Crippen molar-refractivity contribution in [3.05, 3.63) is 24.2 Å². The Kier molecular flexibility index (Phi) is 1.85. The number of carbonyl (C=O) groups is 1. The highest BCUT2D eigenvalue weighted by Gasteiger charge is 2.08. The van der Waals surface area contributed by atoms with Crippen LogP contribution in [0.3, 0.4) is 0 Å². The summed E-state index contributed by atoms with van der Waals surface area (Å²) in [6, 6.07) is 1.65. The number of nitrogens with one attached hydrogen (secondary N) is 1. The Morgan fingerprint density at radius 1 is 1.57 bits per heavy atom. The average molecular weight is 191 g/mol. The molecule has 14 heavy (non-hydrogen) atoms. The highest BCUT2D eigenvalue weighted by molar-refractivity contribution is 5.98. The molecule has 0 aliphatic rings. The van der Waals surface area contributed by atoms with Crippen molar-refractivity contribution in [3.8, 4) is 5.75 Å². The first-order valence-corrected chi connectivity index (χ1v) is 4.03. The lowest BCUT2D eigenvalue weighted by Gasteiger charge is -1.98. The van der Waals surface area contributed by atoms with Gasteiger partial charge in [0.15, 0.2) is 0 Å². The van der Waals surface area contributed by atoms with Gasteiger partial charge in [-0.3, -0.25) is 9.78 Å². The monoisotopic (exact) mass is 191 g/mol. The molecule has 0 atom stereocenters. The van der Waals surface area contributed by atoms with E-state index in [1.54, 1.807) is 25.6 Å². The van der Waals surface area contributed by atoms with Crippen LogP contribution in [-0.2, 0) is 0 Å². The van der Waals surface area contributed by atoms with E-state index in [-0.39, 0.29) is 0 Å². The zero-order chi connectivity index (χ0) is 10.1. The summed E-state index contributed by atoms with van der Waals surface area (Å²) in [5.41, 5.74) is 6.23. The number of H-pyrrole nitrogens is 1. The third-order valence-corrected chi connectivity index (χ3v) is 1.99. The predicted molar refractivity (Wildman–Crippen MR) is 51.2 cm³/mol. The van der Waals surface area contributed by atoms with Crippen molar-refractivity contribution in [2.45, 2.75) is 0 Å². The maximum atomic E-state index is 10.9. The molecule has 5 nitrogen and oxygen atoms in total. The fourth-order valence-corrected chi connectivity index (χ4v) is 1.32. The Bertz CT molecular complexity index is 490. The summed E-state index contributed by atoms with van der Waals surface area (Å²) < 4.78 is 5.09. The van der Waals surface area contributed by atoms with Crippen LogP contribution >= 0.6 is 0 Å². The van der Waals surface area contributed by atoms with E-state index in [4.69, 9.17) is 10.5 Å². The molecular formula is C9H9N3O2. The molecule has 0 bridgehead atoms. The van der Waals surface area contributed by atoms with Gasteiger partial charge in [0.25, 0.3) is 5.91 Å². The van der Waals surface area contributed by atoms with Gasteiger partial charge in [-0.2, -0.15) is 0 Å². The van der Waals surface area contributed by atoms with Crippen LogP contribution in [0.15, 0.2) is 18.5 Å². The van der Waals surface area contributed by atoms with E-state index in [2.05, 4.69) is 9.97 Å². The molecule has 0 saturated heterocycles. The van der Waals surface area contributed by atoms with Gasteiger partial charge < -0.3 is 15.5 Å². The molecule has 0 unspecified atom stereocenters. The maximum Gasteiger partial charge on any atom is 0.265 e. The second kappa shape index (κ2) is 3.02. The van der Waals surface area contributed by atoms with Gasteiger partial charge in [0.1, 0.15) is 11.4 Å². The molecule has 2 aromatic rings. The number of nitrogens with two attached hydrogens (primary N) is 1. The van der Waals surface area contributed by atoms with Crippen LogP contribution in [0.5, 0.6) is 5.75 Å². The van der Waals surface area contributed by atoms with E-state index in [0.29, 0.717) is 11.4 Å². The molecule has 2 aromatic heterocycles. The van der Waals surface area contributed by atoms with E-state index >= 15 is 0 Å². The van der Waals surface area contributed by atoms with Crippen molar-refractivity contribution in [1.82, 2.24) is 9.97 Å². The number of hydrogen-bond acceptors (Lipinski definition) is 3. The normalized spacial score (nSPS) is 10.4. The lowest BCUT2D eigenvalue weighted by atomic mass is 10.3. The second-order valence-corrected chi connectivity index (χ2v) is 2.85. The van der Waals surface area contributed by atoms with Crippen molar-refractivity contribution in [2.24, 2.45) is 5.73 Å². The predicted octanol–water partition coefficient (Wildman–Crippen LogP) is 0.670. The van der Waals surface area contributed by atoms with Crippen LogP contribution in [0.4, 0.5) is 0 Å². The lowest BCUT2D eigenvalue weighted by molar-refractivity contribution is 0.0996. The first-order chi connectivity index (χ1) is 6.72. The molecule has 0 saturated carbocycles. The largest absolute Gasteiger partial charge is 0.494 e. The van der Waals surface area contributed by atoms with E-state index in [9.17, 15) is 4.79 Å². The molecular weight excluding hydrogens is 182 g/mol. The van der Waals surface area contributed by atoms with Crippen LogP contribution in [0.2, 0.25) is 0 Å². The van der Waals surface area contributed by atoms with Crippen LogP contribution in [0.1, 0.15) is 10.5 Å². The highest BCUT2D eigenvalue weighted by Crippen LogP contribution is 2.24. The number of primary amides is 1. The summed E-state index contributed by atoms with van der Waals surface area (Å²) in [4.78, 5) is 17.7. The summed E-state index contributed by atoms with van der Waals surface area (Å²) in [6.07, 6.45) is 3.20. The average Bonchev–Trinajstić information content (AvgIpc) is 2.60. The standard InChI is InChI=1S/C9H9N3O2/c1-14-8-4-11-3-7-5(8)2-6(12-7)9(10)13/h2-4,12H,1H3,(H2,10,13). The lowest BCUT2D eigenvalue weighted by Crippen LogP contribution is -2.10. The fraction of sp³-hybridized carbons (Fsp3) is 0.111. The van der Waals surface area contributed by atoms with Gasteiger partial charge in [-0.05, 0) is 6.07 Å². The molecule has 5 heteroatoms. The number of hydrogen-bond donors (Lipinski definition) is 2. The summed E-state index contributed by atoms with van der Waals surface area (Å²) in [6.45, 7) is 0. The molecule has 3 N–H and O–H groups in total. The number of amides is 1. The van der Waals surface area contributed by atoms with Crippen LogP contribution in [-0.4, -0.2) is 23.0 Å². The molecule has 0 aromatic carbocycles. The zero-order valence-electron chi connectivity index (χ0n) is 7.57. The SMILES string of the molecule is COc1cncc2[nH]c(C(N)=O)cc12. The van der Waals surface area contributed by atoms with Gasteiger partial charge in [-0.15, -0.1) is 0 Å². The number of nitrogens with zero attached hydrogens (tertiary/aromatic N) is 1. The molecule has 1 amide bonds. The van der Waals surface area contributed by atoms with E-state index in [1.807, 2.05) is 0 Å². The fourth-order valence-electron chi connectivity index (χ4n) is 1.32. The minimum Gasteiger partial charge on any atom is -0.494 e. The summed E-state index contributed by atoms with van der Waals surface area (Å²) >= 11 is 0. The zero-order valence-corrected chi connectivity index (χ0v) is 7.57. The van der Waals surface area contributed by atoms with Gasteiger partial charge in [0.2, 0.25) is 0 Å². The van der Waals surface area contributed by atoms with Crippen molar-refractivity contribution < 1.29 is 9.53 Å². The number of aromatic nitrogens is 2. The Labute approximate surface area is 79.9 Å². The van der Waals surface area contributed by atoms with E-state index in [0.717, 1.165) is 10.9 Å². The number of rotatable bonds is 2. The molecule has 0 aliphatic heterocycles. The number of methoxy groups -OCH3 is 1. The number of pyridine rings is 1. The van der Waals surface area contributed by atoms with Crippen LogP contribution in [0, 0.1) is 0 Å². The molecule has 2 rings (SSSR count). The summed E-state index contributed by atoms with van der Waals surface area (Å²) in [7, 11) is 1.55.